The molecule has 0 spiro atoms. The fourth-order valence-corrected chi connectivity index (χ4v) is 2.05. The maximum Gasteiger partial charge on any atom is 0.240 e. The Morgan fingerprint density at radius 1 is 1.41 bits per heavy atom. The zero-order valence-electron chi connectivity index (χ0n) is 10.1. The first kappa shape index (κ1) is 11.8. The van der Waals surface area contributed by atoms with Crippen molar-refractivity contribution in [2.24, 2.45) is 11.0 Å². The van der Waals surface area contributed by atoms with Crippen LogP contribution in [0.1, 0.15) is 30.9 Å². The predicted molar refractivity (Wildman–Crippen MR) is 68.6 cm³/mol. The lowest BCUT2D eigenvalue weighted by atomic mass is 9.93. The van der Waals surface area contributed by atoms with E-state index < -0.39 is 0 Å². The van der Waals surface area contributed by atoms with Crippen LogP contribution in [0.15, 0.2) is 29.4 Å². The molecular weight excluding hydrogens is 212 g/mol. The molecule has 1 N–H and O–H groups in total. The van der Waals surface area contributed by atoms with Gasteiger partial charge in [0, 0.05) is 12.3 Å². The van der Waals surface area contributed by atoms with Crippen molar-refractivity contribution in [3.05, 3.63) is 42.3 Å². The highest BCUT2D eigenvalue weighted by Crippen LogP contribution is 2.17. The third kappa shape index (κ3) is 2.73. The summed E-state index contributed by atoms with van der Waals surface area (Å²) < 4.78 is 0. The van der Waals surface area contributed by atoms with E-state index in [1.54, 1.807) is 0 Å². The van der Waals surface area contributed by atoms with Crippen LogP contribution in [-0.4, -0.2) is 11.6 Å². The van der Waals surface area contributed by atoms with Crippen molar-refractivity contribution in [3.63, 3.8) is 0 Å². The Kier molecular flexibility index (Phi) is 3.57. The van der Waals surface area contributed by atoms with Crippen LogP contribution in [0.2, 0.25) is 0 Å². The fourth-order valence-electron chi connectivity index (χ4n) is 2.05. The Labute approximate surface area is 102 Å². The molecule has 1 aromatic rings. The second-order valence-electron chi connectivity index (χ2n) is 4.44. The molecule has 2 rings (SSSR count). The number of hydrazone groups is 1. The first-order chi connectivity index (χ1) is 8.20. The van der Waals surface area contributed by atoms with Crippen molar-refractivity contribution in [3.8, 4) is 0 Å². The summed E-state index contributed by atoms with van der Waals surface area (Å²) in [6, 6.07) is 8.34. The average molecular weight is 229 g/mol. The number of nitrogens with zero attached hydrogens (tertiary/aromatic N) is 1. The summed E-state index contributed by atoms with van der Waals surface area (Å²) in [6.07, 6.45) is 2.42. The van der Waals surface area contributed by atoms with E-state index in [2.05, 4.69) is 41.7 Å². The number of carbonyl (C=O) groups is 1. The Hall–Kier alpha value is -1.64. The van der Waals surface area contributed by atoms with Crippen molar-refractivity contribution >= 4 is 11.6 Å². The third-order valence-electron chi connectivity index (χ3n) is 2.97. The Balaban J connectivity index is 2.19. The van der Waals surface area contributed by atoms with Gasteiger partial charge < -0.3 is 0 Å². The highest BCUT2D eigenvalue weighted by Gasteiger charge is 2.21. The number of hydrogen-bond acceptors (Lipinski definition) is 2. The third-order valence-corrected chi connectivity index (χ3v) is 2.97. The van der Waals surface area contributed by atoms with E-state index in [4.69, 9.17) is 0 Å². The number of rotatable bonds is 3. The average Bonchev–Trinajstić information content (AvgIpc) is 2.31. The van der Waals surface area contributed by atoms with Crippen LogP contribution in [0.4, 0.5) is 0 Å². The molecule has 0 aromatic heterocycles. The topological polar surface area (TPSA) is 41.5 Å². The Morgan fingerprint density at radius 2 is 2.12 bits per heavy atom. The summed E-state index contributed by atoms with van der Waals surface area (Å²) in [5.41, 5.74) is 5.88. The van der Waals surface area contributed by atoms with Crippen molar-refractivity contribution in [1.29, 1.82) is 0 Å². The van der Waals surface area contributed by atoms with Gasteiger partial charge in [-0.2, -0.15) is 5.10 Å². The molecule has 3 nitrogen and oxygen atoms in total. The largest absolute Gasteiger partial charge is 0.273 e. The summed E-state index contributed by atoms with van der Waals surface area (Å²) in [7, 11) is 0. The molecule has 0 aliphatic carbocycles. The van der Waals surface area contributed by atoms with Gasteiger partial charge in [-0.15, -0.1) is 0 Å². The molecule has 1 aliphatic rings. The highest BCUT2D eigenvalue weighted by molar-refractivity contribution is 6.05. The first-order valence-electron chi connectivity index (χ1n) is 5.95. The summed E-state index contributed by atoms with van der Waals surface area (Å²) in [5.74, 6) is 0.178. The van der Waals surface area contributed by atoms with Gasteiger partial charge in [0.15, 0.2) is 0 Å². The van der Waals surface area contributed by atoms with Gasteiger partial charge in [0.1, 0.15) is 0 Å². The van der Waals surface area contributed by atoms with Gasteiger partial charge in [-0.25, -0.2) is 5.43 Å². The van der Waals surface area contributed by atoms with Crippen LogP contribution in [-0.2, 0) is 11.2 Å². The molecule has 3 heteroatoms. The van der Waals surface area contributed by atoms with Gasteiger partial charge in [0.05, 0.1) is 5.71 Å². The molecule has 0 fully saturated rings. The van der Waals surface area contributed by atoms with E-state index in [9.17, 15) is 4.79 Å². The molecule has 1 amide bonds. The molecule has 1 unspecified atom stereocenters. The van der Waals surface area contributed by atoms with Gasteiger partial charge in [-0.3, -0.25) is 4.79 Å². The monoisotopic (exact) mass is 229 g/mol. The molecule has 1 atom stereocenters. The van der Waals surface area contributed by atoms with Gasteiger partial charge in [-0.05, 0) is 24.0 Å². The fraction of sp³-hybridized carbons (Fsp3) is 0.357. The van der Waals surface area contributed by atoms with Crippen molar-refractivity contribution < 1.29 is 4.79 Å². The van der Waals surface area contributed by atoms with Gasteiger partial charge in [0.25, 0.3) is 0 Å². The van der Waals surface area contributed by atoms with Gasteiger partial charge >= 0.3 is 0 Å². The van der Waals surface area contributed by atoms with E-state index in [0.29, 0.717) is 6.42 Å². The minimum atomic E-state index is -0.00470. The van der Waals surface area contributed by atoms with Crippen LogP contribution in [0, 0.1) is 12.8 Å². The van der Waals surface area contributed by atoms with E-state index in [0.717, 1.165) is 24.1 Å². The minimum absolute atomic E-state index is 0.00470. The SMILES string of the molecule is [CH2]CCc1ccc(C2=NNC(=O)CC2C)cc1. The van der Waals surface area contributed by atoms with Gasteiger partial charge in [-0.1, -0.05) is 38.1 Å². The zero-order valence-corrected chi connectivity index (χ0v) is 10.1. The van der Waals surface area contributed by atoms with E-state index in [1.165, 1.54) is 5.56 Å². The standard InChI is InChI=1S/C14H17N2O/c1-3-4-11-5-7-12(8-6-11)14-10(2)9-13(17)15-16-14/h5-8,10H,1,3-4,9H2,2H3,(H,15,17). The summed E-state index contributed by atoms with van der Waals surface area (Å²) in [5, 5.41) is 4.14. The molecule has 89 valence electrons. The molecule has 1 aromatic carbocycles. The lowest BCUT2D eigenvalue weighted by Gasteiger charge is -2.19. The lowest BCUT2D eigenvalue weighted by Crippen LogP contribution is -2.31. The van der Waals surface area contributed by atoms with Crippen LogP contribution in [0.3, 0.4) is 0 Å². The van der Waals surface area contributed by atoms with Crippen LogP contribution in [0.25, 0.3) is 0 Å². The molecule has 0 bridgehead atoms. The zero-order chi connectivity index (χ0) is 12.3. The van der Waals surface area contributed by atoms with Crippen molar-refractivity contribution in [2.75, 3.05) is 0 Å². The van der Waals surface area contributed by atoms with Crippen LogP contribution in [0.5, 0.6) is 0 Å². The Morgan fingerprint density at radius 3 is 2.71 bits per heavy atom. The number of carbonyl (C=O) groups excluding carboxylic acids is 1. The normalized spacial score (nSPS) is 19.8. The molecule has 1 radical (unpaired) electrons. The number of hydrogen-bond donors (Lipinski definition) is 1. The predicted octanol–water partition coefficient (Wildman–Crippen LogP) is 2.31. The number of benzene rings is 1. The van der Waals surface area contributed by atoms with E-state index in [1.807, 2.05) is 6.92 Å². The quantitative estimate of drug-likeness (QED) is 0.849. The molecule has 0 saturated carbocycles. The smallest absolute Gasteiger partial charge is 0.240 e. The number of aryl methyl sites for hydroxylation is 1. The van der Waals surface area contributed by atoms with E-state index >= 15 is 0 Å². The van der Waals surface area contributed by atoms with Crippen LogP contribution < -0.4 is 5.43 Å². The highest BCUT2D eigenvalue weighted by atomic mass is 16.2. The summed E-state index contributed by atoms with van der Waals surface area (Å²) in [4.78, 5) is 11.2. The van der Waals surface area contributed by atoms with Crippen molar-refractivity contribution in [1.82, 2.24) is 5.43 Å². The maximum absolute atomic E-state index is 11.2. The molecule has 1 aliphatic heterocycles. The maximum atomic E-state index is 11.2. The summed E-state index contributed by atoms with van der Waals surface area (Å²) in [6.45, 7) is 5.87. The molecular formula is C14H17N2O. The summed E-state index contributed by atoms with van der Waals surface area (Å²) >= 11 is 0. The number of nitrogens with one attached hydrogen (secondary N) is 1. The van der Waals surface area contributed by atoms with Gasteiger partial charge in [0.2, 0.25) is 5.91 Å². The molecule has 0 saturated heterocycles. The van der Waals surface area contributed by atoms with Crippen molar-refractivity contribution in [2.45, 2.75) is 26.2 Å². The second-order valence-corrected chi connectivity index (χ2v) is 4.44. The first-order valence-corrected chi connectivity index (χ1v) is 5.95. The number of amides is 1. The molecule has 17 heavy (non-hydrogen) atoms. The second kappa shape index (κ2) is 5.13. The van der Waals surface area contributed by atoms with Crippen LogP contribution >= 0.6 is 0 Å². The van der Waals surface area contributed by atoms with E-state index in [-0.39, 0.29) is 11.8 Å². The minimum Gasteiger partial charge on any atom is -0.273 e. The Bertz CT molecular complexity index is 434. The lowest BCUT2D eigenvalue weighted by molar-refractivity contribution is -0.121. The molecule has 1 heterocycles.